The van der Waals surface area contributed by atoms with Crippen LogP contribution in [0.25, 0.3) is 0 Å². The summed E-state index contributed by atoms with van der Waals surface area (Å²) in [5, 5.41) is 2.67. The van der Waals surface area contributed by atoms with E-state index >= 15 is 0 Å². The van der Waals surface area contributed by atoms with E-state index in [0.717, 1.165) is 30.5 Å². The molecule has 0 bridgehead atoms. The zero-order chi connectivity index (χ0) is 16.1. The summed E-state index contributed by atoms with van der Waals surface area (Å²) >= 11 is 12.4. The number of benzene rings is 1. The maximum atomic E-state index is 13.1. The molecule has 8 heteroatoms. The van der Waals surface area contributed by atoms with Gasteiger partial charge in [0.1, 0.15) is 10.1 Å². The van der Waals surface area contributed by atoms with Gasteiger partial charge in [-0.05, 0) is 18.2 Å². The lowest BCUT2D eigenvalue weighted by Gasteiger charge is -2.31. The zero-order valence-corrected chi connectivity index (χ0v) is 14.6. The Morgan fingerprint density at radius 3 is 2.82 bits per heavy atom. The Kier molecular flexibility index (Phi) is 6.43. The molecule has 0 spiro atoms. The predicted octanol–water partition coefficient (Wildman–Crippen LogP) is 1.27. The molecule has 0 radical (unpaired) electrons. The smallest absolute Gasteiger partial charge is 0.234 e. The quantitative estimate of drug-likeness (QED) is 0.794. The van der Waals surface area contributed by atoms with Crippen LogP contribution in [0.4, 0.5) is 10.1 Å². The third kappa shape index (κ3) is 5.08. The molecular formula is C14H18ClFN3OS2+. The van der Waals surface area contributed by atoms with Crippen molar-refractivity contribution in [2.75, 3.05) is 44.3 Å². The maximum absolute atomic E-state index is 13.1. The van der Waals surface area contributed by atoms with Gasteiger partial charge in [0.25, 0.3) is 0 Å². The summed E-state index contributed by atoms with van der Waals surface area (Å²) in [6.45, 7) is 3.96. The largest absolute Gasteiger partial charge is 0.346 e. The Morgan fingerprint density at radius 1 is 1.50 bits per heavy atom. The van der Waals surface area contributed by atoms with Crippen LogP contribution in [0.5, 0.6) is 0 Å². The molecule has 1 amide bonds. The summed E-state index contributed by atoms with van der Waals surface area (Å²) in [5.41, 5.74) is 0.478. The van der Waals surface area contributed by atoms with E-state index in [-0.39, 0.29) is 16.7 Å². The SMILES string of the molecule is C[NH+]1CCN(C(=S)SCC(=O)Nc2ccc(F)c(Cl)c2)CC1. The van der Waals surface area contributed by atoms with Crippen molar-refractivity contribution in [1.82, 2.24) is 4.90 Å². The highest BCUT2D eigenvalue weighted by molar-refractivity contribution is 8.23. The minimum absolute atomic E-state index is 0.0130. The van der Waals surface area contributed by atoms with E-state index in [4.69, 9.17) is 23.8 Å². The maximum Gasteiger partial charge on any atom is 0.234 e. The lowest BCUT2D eigenvalue weighted by Crippen LogP contribution is -3.12. The number of anilines is 1. The second kappa shape index (κ2) is 8.10. The Balaban J connectivity index is 1.77. The number of amides is 1. The number of hydrogen-bond acceptors (Lipinski definition) is 3. The van der Waals surface area contributed by atoms with Gasteiger partial charge in [-0.15, -0.1) is 0 Å². The molecule has 1 fully saturated rings. The molecule has 0 unspecified atom stereocenters. The van der Waals surface area contributed by atoms with Crippen molar-refractivity contribution >= 4 is 51.5 Å². The van der Waals surface area contributed by atoms with Crippen LogP contribution < -0.4 is 10.2 Å². The molecular weight excluding hydrogens is 345 g/mol. The van der Waals surface area contributed by atoms with Crippen LogP contribution in [-0.4, -0.2) is 54.1 Å². The molecule has 1 aliphatic heterocycles. The summed E-state index contributed by atoms with van der Waals surface area (Å²) in [5.74, 6) is -0.463. The summed E-state index contributed by atoms with van der Waals surface area (Å²) < 4.78 is 13.8. The second-order valence-electron chi connectivity index (χ2n) is 5.18. The van der Waals surface area contributed by atoms with Crippen LogP contribution in [0.1, 0.15) is 0 Å². The van der Waals surface area contributed by atoms with E-state index in [9.17, 15) is 9.18 Å². The van der Waals surface area contributed by atoms with Gasteiger partial charge in [0.15, 0.2) is 0 Å². The summed E-state index contributed by atoms with van der Waals surface area (Å²) in [6.07, 6.45) is 0. The summed E-state index contributed by atoms with van der Waals surface area (Å²) in [4.78, 5) is 15.5. The van der Waals surface area contributed by atoms with Crippen LogP contribution in [-0.2, 0) is 4.79 Å². The van der Waals surface area contributed by atoms with Crippen LogP contribution in [0.15, 0.2) is 18.2 Å². The van der Waals surface area contributed by atoms with Crippen molar-refractivity contribution in [2.45, 2.75) is 0 Å². The van der Waals surface area contributed by atoms with Crippen LogP contribution in [0.3, 0.4) is 0 Å². The first-order valence-electron chi connectivity index (χ1n) is 6.93. The first-order chi connectivity index (χ1) is 10.5. The molecule has 1 saturated heterocycles. The number of thiocarbonyl (C=S) groups is 1. The molecule has 4 nitrogen and oxygen atoms in total. The van der Waals surface area contributed by atoms with Crippen LogP contribution in [0.2, 0.25) is 5.02 Å². The average Bonchev–Trinajstić information content (AvgIpc) is 2.49. The van der Waals surface area contributed by atoms with Crippen molar-refractivity contribution in [3.8, 4) is 0 Å². The van der Waals surface area contributed by atoms with Gasteiger partial charge in [0.2, 0.25) is 5.91 Å². The van der Waals surface area contributed by atoms with Crippen molar-refractivity contribution in [3.63, 3.8) is 0 Å². The van der Waals surface area contributed by atoms with Crippen molar-refractivity contribution in [1.29, 1.82) is 0 Å². The van der Waals surface area contributed by atoms with E-state index in [2.05, 4.69) is 17.3 Å². The highest BCUT2D eigenvalue weighted by Crippen LogP contribution is 2.19. The topological polar surface area (TPSA) is 36.8 Å². The molecule has 0 aromatic heterocycles. The number of halogens is 2. The third-order valence-electron chi connectivity index (χ3n) is 3.41. The van der Waals surface area contributed by atoms with E-state index in [1.165, 1.54) is 34.9 Å². The normalized spacial score (nSPS) is 15.7. The third-order valence-corrected chi connectivity index (χ3v) is 5.22. The van der Waals surface area contributed by atoms with E-state index < -0.39 is 5.82 Å². The highest BCUT2D eigenvalue weighted by Gasteiger charge is 2.19. The fourth-order valence-corrected chi connectivity index (χ4v) is 3.29. The fourth-order valence-electron chi connectivity index (χ4n) is 2.06. The molecule has 0 atom stereocenters. The number of hydrogen-bond donors (Lipinski definition) is 2. The van der Waals surface area contributed by atoms with Gasteiger partial charge in [0.05, 0.1) is 44.0 Å². The number of carbonyl (C=O) groups is 1. The molecule has 1 aromatic carbocycles. The number of piperazine rings is 1. The molecule has 120 valence electrons. The Labute approximate surface area is 144 Å². The van der Waals surface area contributed by atoms with Gasteiger partial charge in [-0.1, -0.05) is 35.6 Å². The molecule has 1 aliphatic rings. The Morgan fingerprint density at radius 2 is 2.18 bits per heavy atom. The Bertz CT molecular complexity index is 565. The monoisotopic (exact) mass is 362 g/mol. The Hall–Kier alpha value is -0.890. The summed E-state index contributed by atoms with van der Waals surface area (Å²) in [6, 6.07) is 4.09. The minimum Gasteiger partial charge on any atom is -0.346 e. The number of likely N-dealkylation sites (N-methyl/N-ethyl adjacent to an activating group) is 1. The van der Waals surface area contributed by atoms with E-state index in [1.54, 1.807) is 0 Å². The zero-order valence-electron chi connectivity index (χ0n) is 12.2. The summed E-state index contributed by atoms with van der Waals surface area (Å²) in [7, 11) is 2.16. The minimum atomic E-state index is -0.507. The molecule has 1 heterocycles. The number of thioether (sulfide) groups is 1. The van der Waals surface area contributed by atoms with Gasteiger partial charge in [-0.25, -0.2) is 4.39 Å². The lowest BCUT2D eigenvalue weighted by molar-refractivity contribution is -0.883. The van der Waals surface area contributed by atoms with Crippen molar-refractivity contribution in [2.24, 2.45) is 0 Å². The van der Waals surface area contributed by atoms with Gasteiger partial charge in [-0.2, -0.15) is 0 Å². The van der Waals surface area contributed by atoms with Gasteiger partial charge < -0.3 is 15.1 Å². The number of carbonyl (C=O) groups excluding carboxylic acids is 1. The first kappa shape index (κ1) is 17.5. The number of quaternary nitrogens is 1. The van der Waals surface area contributed by atoms with Gasteiger partial charge in [-0.3, -0.25) is 4.79 Å². The lowest BCUT2D eigenvalue weighted by atomic mass is 10.3. The molecule has 22 heavy (non-hydrogen) atoms. The first-order valence-corrected chi connectivity index (χ1v) is 8.71. The molecule has 2 rings (SSSR count). The van der Waals surface area contributed by atoms with Crippen molar-refractivity contribution < 1.29 is 14.1 Å². The van der Waals surface area contributed by atoms with Crippen LogP contribution >= 0.6 is 35.6 Å². The average molecular weight is 363 g/mol. The van der Waals surface area contributed by atoms with E-state index in [1.807, 2.05) is 0 Å². The number of rotatable bonds is 3. The standard InChI is InChI=1S/C14H17ClFN3OS2/c1-18-4-6-19(7-5-18)14(21)22-9-13(20)17-10-2-3-12(16)11(15)8-10/h2-3,8H,4-7,9H2,1H3,(H,17,20)/p+1. The molecule has 1 aromatic rings. The molecule has 0 aliphatic carbocycles. The van der Waals surface area contributed by atoms with Crippen LogP contribution in [0, 0.1) is 5.82 Å². The molecule has 2 N–H and O–H groups in total. The predicted molar refractivity (Wildman–Crippen MR) is 93.3 cm³/mol. The van der Waals surface area contributed by atoms with Gasteiger partial charge in [0, 0.05) is 5.69 Å². The van der Waals surface area contributed by atoms with E-state index in [0.29, 0.717) is 5.69 Å². The number of nitrogens with zero attached hydrogens (tertiary/aromatic N) is 1. The van der Waals surface area contributed by atoms with Gasteiger partial charge >= 0.3 is 0 Å². The number of nitrogens with one attached hydrogen (secondary N) is 2. The molecule has 0 saturated carbocycles. The van der Waals surface area contributed by atoms with Crippen molar-refractivity contribution in [3.05, 3.63) is 29.0 Å². The second-order valence-corrected chi connectivity index (χ2v) is 7.19. The fraction of sp³-hybridized carbons (Fsp3) is 0.429. The highest BCUT2D eigenvalue weighted by atomic mass is 35.5.